The average Bonchev–Trinajstić information content (AvgIpc) is 3.42. The SMILES string of the molecule is O=C(Nc1c[nH]c2ccc(-c3cnn(-c4ccc(C(F)(F)F)cc4)c3)cc12)C1CN(CC(F)(F)F)C1. The van der Waals surface area contributed by atoms with Crippen LogP contribution in [0, 0.1) is 5.92 Å². The van der Waals surface area contributed by atoms with E-state index in [2.05, 4.69) is 15.4 Å². The van der Waals surface area contributed by atoms with Crippen molar-refractivity contribution in [2.45, 2.75) is 12.4 Å². The maximum atomic E-state index is 12.8. The van der Waals surface area contributed by atoms with Crippen LogP contribution in [-0.2, 0) is 11.0 Å². The molecular weight excluding hydrogens is 488 g/mol. The minimum Gasteiger partial charge on any atom is -0.359 e. The van der Waals surface area contributed by atoms with Crippen molar-refractivity contribution in [3.05, 3.63) is 66.6 Å². The highest BCUT2D eigenvalue weighted by Crippen LogP contribution is 2.32. The smallest absolute Gasteiger partial charge is 0.359 e. The number of nitrogens with zero attached hydrogens (tertiary/aromatic N) is 3. The highest BCUT2D eigenvalue weighted by atomic mass is 19.4. The number of hydrogen-bond acceptors (Lipinski definition) is 3. The largest absolute Gasteiger partial charge is 0.416 e. The molecular formula is C24H19F6N5O. The normalized spacial score (nSPS) is 15.3. The van der Waals surface area contributed by atoms with Crippen molar-refractivity contribution in [3.63, 3.8) is 0 Å². The van der Waals surface area contributed by atoms with Gasteiger partial charge in [-0.1, -0.05) is 6.07 Å². The molecule has 0 saturated carbocycles. The van der Waals surface area contributed by atoms with Crippen molar-refractivity contribution in [2.24, 2.45) is 5.92 Å². The van der Waals surface area contributed by atoms with E-state index >= 15 is 0 Å². The summed E-state index contributed by atoms with van der Waals surface area (Å²) in [6.07, 6.45) is -3.85. The number of alkyl halides is 6. The average molecular weight is 507 g/mol. The van der Waals surface area contributed by atoms with Crippen LogP contribution in [0.25, 0.3) is 27.7 Å². The predicted molar refractivity (Wildman–Crippen MR) is 120 cm³/mol. The van der Waals surface area contributed by atoms with Gasteiger partial charge in [0.2, 0.25) is 5.91 Å². The molecule has 6 nitrogen and oxygen atoms in total. The summed E-state index contributed by atoms with van der Waals surface area (Å²) in [7, 11) is 0. The molecule has 12 heteroatoms. The van der Waals surface area contributed by atoms with E-state index in [4.69, 9.17) is 0 Å². The number of likely N-dealkylation sites (tertiary alicyclic amines) is 1. The van der Waals surface area contributed by atoms with Crippen LogP contribution >= 0.6 is 0 Å². The van der Waals surface area contributed by atoms with Crippen molar-refractivity contribution >= 4 is 22.5 Å². The van der Waals surface area contributed by atoms with Gasteiger partial charge in [0.15, 0.2) is 0 Å². The van der Waals surface area contributed by atoms with Gasteiger partial charge in [0.05, 0.1) is 35.6 Å². The molecule has 36 heavy (non-hydrogen) atoms. The molecule has 0 aliphatic carbocycles. The maximum absolute atomic E-state index is 12.8. The number of halogens is 6. The highest BCUT2D eigenvalue weighted by Gasteiger charge is 2.39. The second-order valence-electron chi connectivity index (χ2n) is 8.68. The molecule has 3 heterocycles. The van der Waals surface area contributed by atoms with Gasteiger partial charge in [-0.15, -0.1) is 0 Å². The van der Waals surface area contributed by atoms with Gasteiger partial charge in [-0.2, -0.15) is 31.4 Å². The summed E-state index contributed by atoms with van der Waals surface area (Å²) in [5.74, 6) is -0.878. The van der Waals surface area contributed by atoms with Gasteiger partial charge >= 0.3 is 12.4 Å². The number of hydrogen-bond donors (Lipinski definition) is 2. The number of aromatic amines is 1. The van der Waals surface area contributed by atoms with E-state index in [0.29, 0.717) is 22.3 Å². The van der Waals surface area contributed by atoms with Gasteiger partial charge in [-0.25, -0.2) is 4.68 Å². The molecule has 2 N–H and O–H groups in total. The quantitative estimate of drug-likeness (QED) is 0.352. The van der Waals surface area contributed by atoms with Crippen LogP contribution in [0.1, 0.15) is 5.56 Å². The molecule has 0 atom stereocenters. The molecule has 0 unspecified atom stereocenters. The first-order valence-corrected chi connectivity index (χ1v) is 10.9. The van der Waals surface area contributed by atoms with Gasteiger partial charge in [-0.05, 0) is 42.0 Å². The molecule has 1 saturated heterocycles. The zero-order valence-corrected chi connectivity index (χ0v) is 18.5. The second kappa shape index (κ2) is 8.70. The fourth-order valence-corrected chi connectivity index (χ4v) is 4.17. The van der Waals surface area contributed by atoms with Gasteiger partial charge in [-0.3, -0.25) is 9.69 Å². The maximum Gasteiger partial charge on any atom is 0.416 e. The minimum atomic E-state index is -4.42. The zero-order valence-electron chi connectivity index (χ0n) is 18.5. The van der Waals surface area contributed by atoms with Crippen LogP contribution in [-0.4, -0.2) is 51.4 Å². The monoisotopic (exact) mass is 507 g/mol. The Balaban J connectivity index is 1.31. The summed E-state index contributed by atoms with van der Waals surface area (Å²) in [5.41, 5.74) is 2.43. The molecule has 1 aliphatic heterocycles. The Morgan fingerprint density at radius 3 is 2.42 bits per heavy atom. The van der Waals surface area contributed by atoms with Gasteiger partial charge < -0.3 is 10.3 Å². The molecule has 0 bridgehead atoms. The number of rotatable bonds is 5. The van der Waals surface area contributed by atoms with Crippen molar-refractivity contribution in [2.75, 3.05) is 25.0 Å². The van der Waals surface area contributed by atoms with E-state index in [-0.39, 0.29) is 19.0 Å². The van der Waals surface area contributed by atoms with Crippen molar-refractivity contribution < 1.29 is 31.1 Å². The Hall–Kier alpha value is -3.80. The molecule has 5 rings (SSSR count). The number of nitrogens with one attached hydrogen (secondary N) is 2. The van der Waals surface area contributed by atoms with Crippen LogP contribution in [0.4, 0.5) is 32.0 Å². The fourth-order valence-electron chi connectivity index (χ4n) is 4.17. The minimum absolute atomic E-state index is 0.0437. The Morgan fingerprint density at radius 1 is 1.03 bits per heavy atom. The third kappa shape index (κ3) is 4.94. The number of carbonyl (C=O) groups excluding carboxylic acids is 1. The van der Waals surface area contributed by atoms with Gasteiger partial charge in [0.1, 0.15) is 0 Å². The number of benzene rings is 2. The summed E-state index contributed by atoms with van der Waals surface area (Å²) in [5, 5.41) is 7.73. The summed E-state index contributed by atoms with van der Waals surface area (Å²) >= 11 is 0. The Labute approximate surface area is 200 Å². The van der Waals surface area contributed by atoms with Crippen LogP contribution in [0.2, 0.25) is 0 Å². The molecule has 188 valence electrons. The van der Waals surface area contributed by atoms with Crippen LogP contribution < -0.4 is 5.32 Å². The summed E-state index contributed by atoms with van der Waals surface area (Å²) in [6, 6.07) is 10.1. The number of aromatic nitrogens is 3. The molecule has 2 aromatic carbocycles. The molecule has 1 fully saturated rings. The summed E-state index contributed by atoms with van der Waals surface area (Å²) in [6.45, 7) is -0.947. The van der Waals surface area contributed by atoms with E-state index < -0.39 is 30.4 Å². The predicted octanol–water partition coefficient (Wildman–Crippen LogP) is 5.47. The second-order valence-corrected chi connectivity index (χ2v) is 8.68. The van der Waals surface area contributed by atoms with Crippen molar-refractivity contribution in [1.29, 1.82) is 0 Å². The number of carbonyl (C=O) groups is 1. The Bertz CT molecular complexity index is 1400. The molecule has 1 aliphatic rings. The van der Waals surface area contributed by atoms with Crippen LogP contribution in [0.15, 0.2) is 61.1 Å². The van der Waals surface area contributed by atoms with Crippen LogP contribution in [0.3, 0.4) is 0 Å². The van der Waals surface area contributed by atoms with Gasteiger partial charge in [0, 0.05) is 41.9 Å². The standard InChI is InChI=1S/C24H19F6N5O/c25-23(26,27)13-34-10-16(11-34)22(36)33-21-9-31-20-6-1-14(7-19(20)21)15-8-32-35(12-15)18-4-2-17(3-5-18)24(28,29)30/h1-9,12,16,31H,10-11,13H2,(H,33,36). The van der Waals surface area contributed by atoms with E-state index in [1.54, 1.807) is 18.6 Å². The first kappa shape index (κ1) is 23.9. The lowest BCUT2D eigenvalue weighted by atomic mass is 9.99. The first-order chi connectivity index (χ1) is 17.0. The Morgan fingerprint density at radius 2 is 1.75 bits per heavy atom. The van der Waals surface area contributed by atoms with Crippen molar-refractivity contribution in [3.8, 4) is 16.8 Å². The fraction of sp³-hybridized carbons (Fsp3) is 0.250. The summed E-state index contributed by atoms with van der Waals surface area (Å²) in [4.78, 5) is 16.8. The molecule has 1 amide bonds. The third-order valence-corrected chi connectivity index (χ3v) is 6.05. The number of fused-ring (bicyclic) bond motifs is 1. The number of amides is 1. The zero-order chi connectivity index (χ0) is 25.7. The first-order valence-electron chi connectivity index (χ1n) is 10.9. The lowest BCUT2D eigenvalue weighted by molar-refractivity contribution is -0.162. The van der Waals surface area contributed by atoms with E-state index in [1.165, 1.54) is 21.7 Å². The molecule has 0 spiro atoms. The van der Waals surface area contributed by atoms with E-state index in [9.17, 15) is 31.1 Å². The van der Waals surface area contributed by atoms with E-state index in [0.717, 1.165) is 23.2 Å². The van der Waals surface area contributed by atoms with Crippen molar-refractivity contribution in [1.82, 2.24) is 19.7 Å². The molecule has 2 aromatic heterocycles. The van der Waals surface area contributed by atoms with E-state index in [1.807, 2.05) is 18.2 Å². The summed E-state index contributed by atoms with van der Waals surface area (Å²) < 4.78 is 77.3. The van der Waals surface area contributed by atoms with Crippen LogP contribution in [0.5, 0.6) is 0 Å². The van der Waals surface area contributed by atoms with Gasteiger partial charge in [0.25, 0.3) is 0 Å². The molecule has 4 aromatic rings. The Kier molecular flexibility index (Phi) is 5.78. The lowest BCUT2D eigenvalue weighted by Gasteiger charge is -2.38. The lowest BCUT2D eigenvalue weighted by Crippen LogP contribution is -2.54. The third-order valence-electron chi connectivity index (χ3n) is 6.05. The number of H-pyrrole nitrogens is 1. The number of anilines is 1. The molecule has 0 radical (unpaired) electrons. The highest BCUT2D eigenvalue weighted by molar-refractivity contribution is 6.03. The topological polar surface area (TPSA) is 66.0 Å².